The van der Waals surface area contributed by atoms with Gasteiger partial charge in [0.05, 0.1) is 5.92 Å². The number of anilines is 2. The molecule has 2 aromatic rings. The van der Waals surface area contributed by atoms with Crippen molar-refractivity contribution in [3.05, 3.63) is 42.9 Å². The summed E-state index contributed by atoms with van der Waals surface area (Å²) in [6, 6.07) is 7.24. The second-order valence-corrected chi connectivity index (χ2v) is 7.64. The van der Waals surface area contributed by atoms with Crippen molar-refractivity contribution in [2.75, 3.05) is 36.4 Å². The molecule has 1 atom stereocenters. The normalized spacial score (nSPS) is 20.3. The van der Waals surface area contributed by atoms with E-state index in [1.54, 1.807) is 30.7 Å². The molecule has 2 amide bonds. The summed E-state index contributed by atoms with van der Waals surface area (Å²) in [7, 11) is 0. The number of nitrogens with one attached hydrogen (secondary N) is 1. The van der Waals surface area contributed by atoms with E-state index in [0.717, 1.165) is 19.4 Å². The number of hydrogen-bond acceptors (Lipinski definition) is 6. The molecule has 0 spiro atoms. The summed E-state index contributed by atoms with van der Waals surface area (Å²) in [6.07, 6.45) is 8.33. The molecule has 2 fully saturated rings. The number of hydrogen-bond donors (Lipinski definition) is 1. The van der Waals surface area contributed by atoms with Crippen LogP contribution in [0.2, 0.25) is 0 Å². The van der Waals surface area contributed by atoms with Crippen LogP contribution in [0.15, 0.2) is 42.9 Å². The van der Waals surface area contributed by atoms with E-state index in [4.69, 9.17) is 0 Å². The third kappa shape index (κ3) is 4.70. The van der Waals surface area contributed by atoms with Crippen LogP contribution in [0, 0.1) is 11.8 Å². The van der Waals surface area contributed by atoms with Gasteiger partial charge in [0.1, 0.15) is 5.82 Å². The first-order valence-corrected chi connectivity index (χ1v) is 10.2. The van der Waals surface area contributed by atoms with Crippen LogP contribution in [0.1, 0.15) is 25.7 Å². The fourth-order valence-corrected chi connectivity index (χ4v) is 4.10. The largest absolute Gasteiger partial charge is 0.342 e. The molecule has 4 heterocycles. The summed E-state index contributed by atoms with van der Waals surface area (Å²) < 4.78 is 0. The second-order valence-electron chi connectivity index (χ2n) is 7.64. The Morgan fingerprint density at radius 3 is 2.38 bits per heavy atom. The summed E-state index contributed by atoms with van der Waals surface area (Å²) in [5.41, 5.74) is 0. The molecule has 0 bridgehead atoms. The maximum Gasteiger partial charge on any atom is 0.228 e. The quantitative estimate of drug-likeness (QED) is 0.852. The van der Waals surface area contributed by atoms with Crippen molar-refractivity contribution in [2.45, 2.75) is 25.7 Å². The fourth-order valence-electron chi connectivity index (χ4n) is 4.10. The molecule has 1 unspecified atom stereocenters. The summed E-state index contributed by atoms with van der Waals surface area (Å²) >= 11 is 0. The predicted octanol–water partition coefficient (Wildman–Crippen LogP) is 1.97. The Morgan fingerprint density at radius 1 is 0.897 bits per heavy atom. The molecule has 8 nitrogen and oxygen atoms in total. The number of rotatable bonds is 4. The number of carbonyl (C=O) groups is 2. The standard InChI is InChI=1S/C21H26N6O2/c28-19(25-18-6-1-2-9-22-18)16-7-13-26(14-8-16)20(29)17-5-3-12-27(15-17)21-23-10-4-11-24-21/h1-2,4,6,9-11,16-17H,3,5,7-8,12-15H2,(H,22,25,28). The van der Waals surface area contributed by atoms with Gasteiger partial charge in [0.15, 0.2) is 0 Å². The topological polar surface area (TPSA) is 91.3 Å². The van der Waals surface area contributed by atoms with Gasteiger partial charge in [0.2, 0.25) is 17.8 Å². The van der Waals surface area contributed by atoms with Crippen molar-refractivity contribution in [1.29, 1.82) is 0 Å². The Balaban J connectivity index is 1.29. The Kier molecular flexibility index (Phi) is 5.97. The van der Waals surface area contributed by atoms with Crippen LogP contribution in [0.4, 0.5) is 11.8 Å². The molecule has 29 heavy (non-hydrogen) atoms. The Labute approximate surface area is 170 Å². The first-order valence-electron chi connectivity index (χ1n) is 10.2. The number of likely N-dealkylation sites (tertiary alicyclic amines) is 1. The lowest BCUT2D eigenvalue weighted by Crippen LogP contribution is -2.48. The minimum atomic E-state index is -0.0818. The molecule has 0 aromatic carbocycles. The Hall–Kier alpha value is -3.03. The monoisotopic (exact) mass is 394 g/mol. The van der Waals surface area contributed by atoms with E-state index in [9.17, 15) is 9.59 Å². The zero-order valence-corrected chi connectivity index (χ0v) is 16.4. The molecular weight excluding hydrogens is 368 g/mol. The van der Waals surface area contributed by atoms with Gasteiger partial charge >= 0.3 is 0 Å². The van der Waals surface area contributed by atoms with Crippen LogP contribution in [0.5, 0.6) is 0 Å². The van der Waals surface area contributed by atoms with Gasteiger partial charge in [-0.2, -0.15) is 0 Å². The minimum absolute atomic E-state index is 0.0131. The third-order valence-corrected chi connectivity index (χ3v) is 5.70. The number of pyridine rings is 1. The molecule has 8 heteroatoms. The van der Waals surface area contributed by atoms with E-state index in [-0.39, 0.29) is 23.7 Å². The number of aromatic nitrogens is 3. The van der Waals surface area contributed by atoms with E-state index in [2.05, 4.69) is 25.2 Å². The van der Waals surface area contributed by atoms with Gasteiger partial charge in [0, 0.05) is 50.7 Å². The van der Waals surface area contributed by atoms with E-state index in [1.165, 1.54) is 0 Å². The number of nitrogens with zero attached hydrogens (tertiary/aromatic N) is 5. The molecule has 2 saturated heterocycles. The molecule has 0 aliphatic carbocycles. The highest BCUT2D eigenvalue weighted by atomic mass is 16.2. The molecule has 4 rings (SSSR count). The maximum atomic E-state index is 13.0. The summed E-state index contributed by atoms with van der Waals surface area (Å²) in [6.45, 7) is 2.78. The van der Waals surface area contributed by atoms with Gasteiger partial charge in [-0.3, -0.25) is 9.59 Å². The molecule has 2 aliphatic rings. The molecule has 2 aromatic heterocycles. The van der Waals surface area contributed by atoms with Crippen LogP contribution in [-0.4, -0.2) is 57.8 Å². The molecule has 152 valence electrons. The van der Waals surface area contributed by atoms with Gasteiger partial charge in [0.25, 0.3) is 0 Å². The van der Waals surface area contributed by atoms with Crippen LogP contribution < -0.4 is 10.2 Å². The number of amides is 2. The van der Waals surface area contributed by atoms with E-state index >= 15 is 0 Å². The average Bonchev–Trinajstić information content (AvgIpc) is 2.80. The summed E-state index contributed by atoms with van der Waals surface area (Å²) in [5.74, 6) is 1.32. The van der Waals surface area contributed by atoms with Gasteiger partial charge in [-0.05, 0) is 43.9 Å². The zero-order valence-electron chi connectivity index (χ0n) is 16.4. The molecule has 0 saturated carbocycles. The van der Waals surface area contributed by atoms with Gasteiger partial charge in [-0.1, -0.05) is 6.07 Å². The first kappa shape index (κ1) is 19.3. The van der Waals surface area contributed by atoms with Gasteiger partial charge in [-0.15, -0.1) is 0 Å². The van der Waals surface area contributed by atoms with E-state index in [1.807, 2.05) is 17.0 Å². The molecule has 2 aliphatic heterocycles. The first-order chi connectivity index (χ1) is 14.2. The lowest BCUT2D eigenvalue weighted by Gasteiger charge is -2.37. The van der Waals surface area contributed by atoms with Crippen LogP contribution in [0.25, 0.3) is 0 Å². The zero-order chi connectivity index (χ0) is 20.1. The van der Waals surface area contributed by atoms with Crippen molar-refractivity contribution in [1.82, 2.24) is 19.9 Å². The minimum Gasteiger partial charge on any atom is -0.342 e. The third-order valence-electron chi connectivity index (χ3n) is 5.70. The van der Waals surface area contributed by atoms with Crippen molar-refractivity contribution in [3.63, 3.8) is 0 Å². The lowest BCUT2D eigenvalue weighted by molar-refractivity contribution is -0.138. The van der Waals surface area contributed by atoms with Gasteiger partial charge in [-0.25, -0.2) is 15.0 Å². The van der Waals surface area contributed by atoms with Crippen LogP contribution >= 0.6 is 0 Å². The highest BCUT2D eigenvalue weighted by molar-refractivity contribution is 5.92. The van der Waals surface area contributed by atoms with Crippen molar-refractivity contribution < 1.29 is 9.59 Å². The fraction of sp³-hybridized carbons (Fsp3) is 0.476. The van der Waals surface area contributed by atoms with Crippen molar-refractivity contribution in [2.24, 2.45) is 11.8 Å². The van der Waals surface area contributed by atoms with Gasteiger partial charge < -0.3 is 15.1 Å². The van der Waals surface area contributed by atoms with E-state index in [0.29, 0.717) is 44.2 Å². The second kappa shape index (κ2) is 8.98. The number of carbonyl (C=O) groups excluding carboxylic acids is 2. The Bertz CT molecular complexity index is 824. The van der Waals surface area contributed by atoms with Crippen LogP contribution in [0.3, 0.4) is 0 Å². The SMILES string of the molecule is O=C(Nc1ccccn1)C1CCN(C(=O)C2CCCN(c3ncccn3)C2)CC1. The maximum absolute atomic E-state index is 13.0. The Morgan fingerprint density at radius 2 is 1.66 bits per heavy atom. The predicted molar refractivity (Wildman–Crippen MR) is 109 cm³/mol. The highest BCUT2D eigenvalue weighted by Crippen LogP contribution is 2.25. The summed E-state index contributed by atoms with van der Waals surface area (Å²) in [4.78, 5) is 42.3. The van der Waals surface area contributed by atoms with Crippen molar-refractivity contribution in [3.8, 4) is 0 Å². The van der Waals surface area contributed by atoms with Crippen molar-refractivity contribution >= 4 is 23.6 Å². The summed E-state index contributed by atoms with van der Waals surface area (Å²) in [5, 5.41) is 2.87. The highest BCUT2D eigenvalue weighted by Gasteiger charge is 2.33. The molecule has 1 N–H and O–H groups in total. The average molecular weight is 394 g/mol. The van der Waals surface area contributed by atoms with Crippen LogP contribution in [-0.2, 0) is 9.59 Å². The smallest absolute Gasteiger partial charge is 0.228 e. The molecule has 0 radical (unpaired) electrons. The number of piperidine rings is 2. The lowest BCUT2D eigenvalue weighted by atomic mass is 9.92. The van der Waals surface area contributed by atoms with E-state index < -0.39 is 0 Å². The molecular formula is C21H26N6O2.